The van der Waals surface area contributed by atoms with Crippen molar-refractivity contribution < 1.29 is 9.84 Å². The summed E-state index contributed by atoms with van der Waals surface area (Å²) in [4.78, 5) is 0. The molecule has 0 aromatic rings. The molecule has 4 heteroatoms. The van der Waals surface area contributed by atoms with Gasteiger partial charge in [0, 0.05) is 18.6 Å². The maximum absolute atomic E-state index is 10.00. The van der Waals surface area contributed by atoms with Gasteiger partial charge in [-0.2, -0.15) is 0 Å². The molecule has 0 spiro atoms. The van der Waals surface area contributed by atoms with Gasteiger partial charge in [-0.25, -0.2) is 5.01 Å². The number of hydrogen-bond donors (Lipinski definition) is 2. The van der Waals surface area contributed by atoms with Crippen LogP contribution < -0.4 is 5.43 Å². The second kappa shape index (κ2) is 7.58. The molecular weight excluding hydrogens is 240 g/mol. The van der Waals surface area contributed by atoms with E-state index in [4.69, 9.17) is 4.74 Å². The van der Waals surface area contributed by atoms with Gasteiger partial charge >= 0.3 is 0 Å². The molecule has 0 aromatic heterocycles. The van der Waals surface area contributed by atoms with Crippen LogP contribution in [-0.4, -0.2) is 47.6 Å². The zero-order chi connectivity index (χ0) is 13.7. The number of piperidine rings is 1. The van der Waals surface area contributed by atoms with Gasteiger partial charge in [-0.1, -0.05) is 19.3 Å². The lowest BCUT2D eigenvalue weighted by Crippen LogP contribution is -2.54. The Morgan fingerprint density at radius 3 is 2.37 bits per heavy atom. The molecule has 1 saturated carbocycles. The van der Waals surface area contributed by atoms with E-state index >= 15 is 0 Å². The fourth-order valence-electron chi connectivity index (χ4n) is 3.30. The Morgan fingerprint density at radius 1 is 1.11 bits per heavy atom. The summed E-state index contributed by atoms with van der Waals surface area (Å²) < 4.78 is 5.75. The van der Waals surface area contributed by atoms with Crippen molar-refractivity contribution in [2.75, 3.05) is 13.2 Å². The normalized spacial score (nSPS) is 31.7. The highest BCUT2D eigenvalue weighted by molar-refractivity contribution is 4.77. The average Bonchev–Trinajstić information content (AvgIpc) is 2.89. The maximum atomic E-state index is 10.00. The molecule has 4 nitrogen and oxygen atoms in total. The third-order valence-corrected chi connectivity index (χ3v) is 4.53. The molecule has 0 radical (unpaired) electrons. The predicted octanol–water partition coefficient (Wildman–Crippen LogP) is 2.07. The Kier molecular flexibility index (Phi) is 6.07. The van der Waals surface area contributed by atoms with Gasteiger partial charge in [-0.05, 0) is 39.5 Å². The number of nitrogens with one attached hydrogen (secondary N) is 1. The molecule has 2 fully saturated rings. The first-order valence-electron chi connectivity index (χ1n) is 7.98. The number of aliphatic hydroxyl groups is 1. The van der Waals surface area contributed by atoms with Crippen LogP contribution in [0.25, 0.3) is 0 Å². The molecule has 2 aliphatic rings. The van der Waals surface area contributed by atoms with Crippen LogP contribution in [0.15, 0.2) is 0 Å². The first-order chi connectivity index (χ1) is 9.16. The Hall–Kier alpha value is -0.160. The molecule has 0 bridgehead atoms. The maximum Gasteiger partial charge on any atom is 0.0911 e. The summed E-state index contributed by atoms with van der Waals surface area (Å²) in [6.45, 7) is 5.57. The van der Waals surface area contributed by atoms with Gasteiger partial charge in [0.05, 0.1) is 18.8 Å². The molecule has 3 atom stereocenters. The van der Waals surface area contributed by atoms with Crippen molar-refractivity contribution >= 4 is 0 Å². The highest BCUT2D eigenvalue weighted by Crippen LogP contribution is 2.21. The van der Waals surface area contributed by atoms with Crippen molar-refractivity contribution in [3.63, 3.8) is 0 Å². The van der Waals surface area contributed by atoms with Crippen LogP contribution in [0.1, 0.15) is 58.8 Å². The Labute approximate surface area is 117 Å². The van der Waals surface area contributed by atoms with E-state index in [-0.39, 0.29) is 0 Å². The number of rotatable bonds is 6. The van der Waals surface area contributed by atoms with E-state index in [9.17, 15) is 5.11 Å². The topological polar surface area (TPSA) is 44.7 Å². The molecule has 1 saturated heterocycles. The fraction of sp³-hybridized carbons (Fsp3) is 1.00. The standard InChI is InChI=1S/C15H30N2O2/c1-12-6-5-7-13(2)17(12)16-10-14(18)11-19-15-8-3-4-9-15/h12-16,18H,3-11H2,1-2H3. The molecule has 0 amide bonds. The molecular formula is C15H30N2O2. The quantitative estimate of drug-likeness (QED) is 0.775. The van der Waals surface area contributed by atoms with Gasteiger partial charge in [-0.15, -0.1) is 0 Å². The van der Waals surface area contributed by atoms with Crippen LogP contribution in [0, 0.1) is 0 Å². The van der Waals surface area contributed by atoms with Crippen molar-refractivity contribution in [1.29, 1.82) is 0 Å². The number of aliphatic hydroxyl groups excluding tert-OH is 1. The zero-order valence-corrected chi connectivity index (χ0v) is 12.5. The van der Waals surface area contributed by atoms with Crippen molar-refractivity contribution in [3.05, 3.63) is 0 Å². The van der Waals surface area contributed by atoms with E-state index in [1.807, 2.05) is 0 Å². The molecule has 2 N–H and O–H groups in total. The molecule has 3 unspecified atom stereocenters. The summed E-state index contributed by atoms with van der Waals surface area (Å²) in [7, 11) is 0. The predicted molar refractivity (Wildman–Crippen MR) is 76.8 cm³/mol. The van der Waals surface area contributed by atoms with Gasteiger partial charge in [0.25, 0.3) is 0 Å². The van der Waals surface area contributed by atoms with Crippen LogP contribution in [0.2, 0.25) is 0 Å². The summed E-state index contributed by atoms with van der Waals surface area (Å²) in [6.07, 6.45) is 8.68. The molecule has 1 aliphatic heterocycles. The average molecular weight is 270 g/mol. The number of ether oxygens (including phenoxy) is 1. The van der Waals surface area contributed by atoms with Crippen molar-refractivity contribution in [1.82, 2.24) is 10.4 Å². The highest BCUT2D eigenvalue weighted by atomic mass is 16.5. The van der Waals surface area contributed by atoms with Crippen LogP contribution in [0.4, 0.5) is 0 Å². The molecule has 112 valence electrons. The van der Waals surface area contributed by atoms with Gasteiger partial charge < -0.3 is 9.84 Å². The van der Waals surface area contributed by atoms with Crippen molar-refractivity contribution in [2.45, 2.75) is 83.1 Å². The molecule has 2 rings (SSSR count). The summed E-state index contributed by atoms with van der Waals surface area (Å²) in [5.41, 5.74) is 3.40. The second-order valence-corrected chi connectivity index (χ2v) is 6.29. The van der Waals surface area contributed by atoms with E-state index < -0.39 is 6.10 Å². The lowest BCUT2D eigenvalue weighted by molar-refractivity contribution is -0.0252. The van der Waals surface area contributed by atoms with E-state index in [0.717, 1.165) is 0 Å². The number of hydrazine groups is 1. The summed E-state index contributed by atoms with van der Waals surface area (Å²) in [6, 6.07) is 1.12. The van der Waals surface area contributed by atoms with E-state index in [1.165, 1.54) is 44.9 Å². The van der Waals surface area contributed by atoms with E-state index in [1.54, 1.807) is 0 Å². The SMILES string of the molecule is CC1CCCC(C)N1NCC(O)COC1CCCC1. The Morgan fingerprint density at radius 2 is 1.74 bits per heavy atom. The van der Waals surface area contributed by atoms with E-state index in [0.29, 0.717) is 31.3 Å². The fourth-order valence-corrected chi connectivity index (χ4v) is 3.30. The Balaban J connectivity index is 1.63. The van der Waals surface area contributed by atoms with Gasteiger partial charge in [0.15, 0.2) is 0 Å². The smallest absolute Gasteiger partial charge is 0.0911 e. The lowest BCUT2D eigenvalue weighted by Gasteiger charge is -2.39. The monoisotopic (exact) mass is 270 g/mol. The zero-order valence-electron chi connectivity index (χ0n) is 12.5. The van der Waals surface area contributed by atoms with Crippen molar-refractivity contribution in [3.8, 4) is 0 Å². The molecule has 19 heavy (non-hydrogen) atoms. The van der Waals surface area contributed by atoms with Crippen molar-refractivity contribution in [2.24, 2.45) is 0 Å². The van der Waals surface area contributed by atoms with Crippen LogP contribution in [0.3, 0.4) is 0 Å². The molecule has 1 heterocycles. The van der Waals surface area contributed by atoms with Gasteiger partial charge in [-0.3, -0.25) is 5.43 Å². The van der Waals surface area contributed by atoms with Gasteiger partial charge in [0.1, 0.15) is 0 Å². The second-order valence-electron chi connectivity index (χ2n) is 6.29. The van der Waals surface area contributed by atoms with Crippen LogP contribution in [0.5, 0.6) is 0 Å². The lowest BCUT2D eigenvalue weighted by atomic mass is 10.00. The largest absolute Gasteiger partial charge is 0.389 e. The summed E-state index contributed by atoms with van der Waals surface area (Å²) in [5.74, 6) is 0. The minimum Gasteiger partial charge on any atom is -0.389 e. The number of hydrogen-bond acceptors (Lipinski definition) is 4. The first-order valence-corrected chi connectivity index (χ1v) is 7.98. The van der Waals surface area contributed by atoms with Gasteiger partial charge in [0.2, 0.25) is 0 Å². The minimum atomic E-state index is -0.401. The molecule has 0 aromatic carbocycles. The van der Waals surface area contributed by atoms with E-state index in [2.05, 4.69) is 24.3 Å². The third kappa shape index (κ3) is 4.71. The first kappa shape index (κ1) is 15.2. The number of nitrogens with zero attached hydrogens (tertiary/aromatic N) is 1. The molecule has 1 aliphatic carbocycles. The summed E-state index contributed by atoms with van der Waals surface area (Å²) >= 11 is 0. The highest BCUT2D eigenvalue weighted by Gasteiger charge is 2.25. The van der Waals surface area contributed by atoms with Crippen LogP contribution >= 0.6 is 0 Å². The summed E-state index contributed by atoms with van der Waals surface area (Å²) in [5, 5.41) is 12.3. The third-order valence-electron chi connectivity index (χ3n) is 4.53. The van der Waals surface area contributed by atoms with Crippen LogP contribution in [-0.2, 0) is 4.74 Å². The Bertz CT molecular complexity index is 247. The minimum absolute atomic E-state index is 0.391.